The summed E-state index contributed by atoms with van der Waals surface area (Å²) in [6, 6.07) is 7.17. The zero-order valence-electron chi connectivity index (χ0n) is 12.7. The lowest BCUT2D eigenvalue weighted by Gasteiger charge is -2.15. The van der Waals surface area contributed by atoms with Gasteiger partial charge in [-0.05, 0) is 24.3 Å². The molecule has 2 atom stereocenters. The van der Waals surface area contributed by atoms with Crippen LogP contribution in [-0.4, -0.2) is 48.5 Å². The number of rotatable bonds is 4. The first-order chi connectivity index (χ1) is 11.0. The van der Waals surface area contributed by atoms with Crippen LogP contribution in [0.1, 0.15) is 10.5 Å². The molecule has 1 fully saturated rings. The third kappa shape index (κ3) is 3.04. The highest BCUT2D eigenvalue weighted by atomic mass is 35.5. The van der Waals surface area contributed by atoms with E-state index in [2.05, 4.69) is 4.98 Å². The number of hydrogen-bond acceptors (Lipinski definition) is 3. The van der Waals surface area contributed by atoms with E-state index in [0.717, 1.165) is 10.9 Å². The molecule has 1 saturated heterocycles. The van der Waals surface area contributed by atoms with Crippen molar-refractivity contribution in [3.8, 4) is 0 Å². The number of aromatic amines is 1. The Balaban J connectivity index is 1.83. The monoisotopic (exact) mass is 335 g/mol. The normalized spacial score (nSPS) is 21.0. The van der Waals surface area contributed by atoms with Crippen molar-refractivity contribution in [1.82, 2.24) is 9.88 Å². The van der Waals surface area contributed by atoms with E-state index >= 15 is 0 Å². The van der Waals surface area contributed by atoms with Gasteiger partial charge in [0.1, 0.15) is 5.69 Å². The number of nitrogens with zero attached hydrogens (tertiary/aromatic N) is 1. The van der Waals surface area contributed by atoms with Gasteiger partial charge in [0.2, 0.25) is 5.91 Å². The summed E-state index contributed by atoms with van der Waals surface area (Å²) in [4.78, 5) is 29.0. The van der Waals surface area contributed by atoms with E-state index in [1.807, 2.05) is 6.07 Å². The van der Waals surface area contributed by atoms with E-state index in [9.17, 15) is 9.59 Å². The number of methoxy groups -OCH3 is 1. The number of fused-ring (bicyclic) bond motifs is 1. The van der Waals surface area contributed by atoms with E-state index in [1.54, 1.807) is 30.2 Å². The number of carbonyl (C=O) groups excluding carboxylic acids is 2. The highest BCUT2D eigenvalue weighted by Gasteiger charge is 2.39. The zero-order valence-corrected chi connectivity index (χ0v) is 13.5. The van der Waals surface area contributed by atoms with Gasteiger partial charge in [0, 0.05) is 42.0 Å². The number of ether oxygens (including phenoxy) is 1. The molecule has 7 heteroatoms. The maximum absolute atomic E-state index is 12.7. The maximum atomic E-state index is 12.7. The lowest BCUT2D eigenvalue weighted by Crippen LogP contribution is -2.32. The topological polar surface area (TPSA) is 88.4 Å². The summed E-state index contributed by atoms with van der Waals surface area (Å²) < 4.78 is 5.13. The fourth-order valence-electron chi connectivity index (χ4n) is 3.13. The molecule has 2 heterocycles. The first kappa shape index (κ1) is 15.8. The largest absolute Gasteiger partial charge is 0.384 e. The van der Waals surface area contributed by atoms with Crippen LogP contribution in [0.4, 0.5) is 0 Å². The van der Waals surface area contributed by atoms with Gasteiger partial charge in [0.25, 0.3) is 5.91 Å². The van der Waals surface area contributed by atoms with E-state index in [-0.39, 0.29) is 17.7 Å². The number of likely N-dealkylation sites (tertiary alicyclic amines) is 1. The first-order valence-corrected chi connectivity index (χ1v) is 7.73. The summed E-state index contributed by atoms with van der Waals surface area (Å²) in [7, 11) is 1.57. The van der Waals surface area contributed by atoms with Gasteiger partial charge in [-0.15, -0.1) is 0 Å². The highest BCUT2D eigenvalue weighted by molar-refractivity contribution is 6.31. The van der Waals surface area contributed by atoms with Crippen LogP contribution in [0.25, 0.3) is 10.9 Å². The molecule has 0 aliphatic carbocycles. The summed E-state index contributed by atoms with van der Waals surface area (Å²) >= 11 is 5.97. The van der Waals surface area contributed by atoms with Crippen LogP contribution in [0.3, 0.4) is 0 Å². The van der Waals surface area contributed by atoms with Crippen LogP contribution in [0.2, 0.25) is 5.02 Å². The lowest BCUT2D eigenvalue weighted by molar-refractivity contribution is -0.122. The Morgan fingerprint density at radius 2 is 2.17 bits per heavy atom. The number of nitrogens with two attached hydrogens (primary N) is 1. The molecule has 1 aliphatic heterocycles. The van der Waals surface area contributed by atoms with Crippen molar-refractivity contribution in [2.45, 2.75) is 0 Å². The summed E-state index contributed by atoms with van der Waals surface area (Å²) in [5.41, 5.74) is 6.76. The molecule has 0 bridgehead atoms. The number of primary amides is 1. The molecule has 0 spiro atoms. The first-order valence-electron chi connectivity index (χ1n) is 7.35. The second-order valence-corrected chi connectivity index (χ2v) is 6.29. The average Bonchev–Trinajstić information content (AvgIpc) is 3.10. The van der Waals surface area contributed by atoms with Crippen LogP contribution < -0.4 is 5.73 Å². The van der Waals surface area contributed by atoms with Crippen molar-refractivity contribution < 1.29 is 14.3 Å². The Labute approximate surface area is 138 Å². The molecule has 1 aromatic heterocycles. The van der Waals surface area contributed by atoms with Crippen LogP contribution >= 0.6 is 11.6 Å². The van der Waals surface area contributed by atoms with Gasteiger partial charge in [-0.2, -0.15) is 0 Å². The second-order valence-electron chi connectivity index (χ2n) is 5.85. The third-order valence-corrected chi connectivity index (χ3v) is 4.52. The van der Waals surface area contributed by atoms with Crippen molar-refractivity contribution in [3.05, 3.63) is 35.0 Å². The number of aromatic nitrogens is 1. The van der Waals surface area contributed by atoms with Gasteiger partial charge in [-0.1, -0.05) is 11.6 Å². The minimum absolute atomic E-state index is 0.0692. The summed E-state index contributed by atoms with van der Waals surface area (Å²) in [5, 5.41) is 1.49. The van der Waals surface area contributed by atoms with Crippen molar-refractivity contribution in [1.29, 1.82) is 0 Å². The molecule has 2 amide bonds. The molecular weight excluding hydrogens is 318 g/mol. The summed E-state index contributed by atoms with van der Waals surface area (Å²) in [6.45, 7) is 1.18. The molecule has 2 unspecified atom stereocenters. The molecule has 0 radical (unpaired) electrons. The average molecular weight is 336 g/mol. The number of halogens is 1. The molecule has 1 aromatic carbocycles. The summed E-state index contributed by atoms with van der Waals surface area (Å²) in [5.74, 6) is -0.994. The second kappa shape index (κ2) is 6.22. The van der Waals surface area contributed by atoms with Crippen molar-refractivity contribution in [3.63, 3.8) is 0 Å². The fourth-order valence-corrected chi connectivity index (χ4v) is 3.31. The van der Waals surface area contributed by atoms with Crippen LogP contribution in [0.5, 0.6) is 0 Å². The van der Waals surface area contributed by atoms with Gasteiger partial charge >= 0.3 is 0 Å². The smallest absolute Gasteiger partial charge is 0.270 e. The number of hydrogen-bond donors (Lipinski definition) is 2. The number of H-pyrrole nitrogens is 1. The van der Waals surface area contributed by atoms with Gasteiger partial charge in [0.15, 0.2) is 0 Å². The van der Waals surface area contributed by atoms with E-state index in [4.69, 9.17) is 22.1 Å². The number of nitrogens with one attached hydrogen (secondary N) is 1. The Bertz CT molecular complexity index is 758. The SMILES string of the molecule is COCC1CN(C(=O)c2cc3cc(Cl)ccc3[nH]2)CC1C(N)=O. The summed E-state index contributed by atoms with van der Waals surface area (Å²) in [6.07, 6.45) is 0. The molecule has 3 rings (SSSR count). The predicted octanol–water partition coefficient (Wildman–Crippen LogP) is 1.64. The van der Waals surface area contributed by atoms with Crippen molar-refractivity contribution in [2.24, 2.45) is 17.6 Å². The minimum atomic E-state index is -0.397. The van der Waals surface area contributed by atoms with E-state index in [0.29, 0.717) is 30.4 Å². The molecule has 122 valence electrons. The van der Waals surface area contributed by atoms with Gasteiger partial charge in [-0.3, -0.25) is 9.59 Å². The lowest BCUT2D eigenvalue weighted by atomic mass is 9.96. The predicted molar refractivity (Wildman–Crippen MR) is 87.3 cm³/mol. The highest BCUT2D eigenvalue weighted by Crippen LogP contribution is 2.26. The Kier molecular flexibility index (Phi) is 4.28. The third-order valence-electron chi connectivity index (χ3n) is 4.29. The standard InChI is InChI=1S/C16H18ClN3O3/c1-23-8-10-6-20(7-12(10)15(18)21)16(22)14-5-9-4-11(17)2-3-13(9)19-14/h2-5,10,12,19H,6-8H2,1H3,(H2,18,21). The van der Waals surface area contributed by atoms with Crippen LogP contribution in [0.15, 0.2) is 24.3 Å². The Morgan fingerprint density at radius 1 is 1.39 bits per heavy atom. The molecule has 23 heavy (non-hydrogen) atoms. The molecule has 6 nitrogen and oxygen atoms in total. The van der Waals surface area contributed by atoms with Crippen LogP contribution in [0, 0.1) is 11.8 Å². The number of amides is 2. The van der Waals surface area contributed by atoms with Crippen LogP contribution in [-0.2, 0) is 9.53 Å². The Morgan fingerprint density at radius 3 is 2.87 bits per heavy atom. The fraction of sp³-hybridized carbons (Fsp3) is 0.375. The maximum Gasteiger partial charge on any atom is 0.270 e. The molecular formula is C16H18ClN3O3. The van der Waals surface area contributed by atoms with Gasteiger partial charge in [-0.25, -0.2) is 0 Å². The quantitative estimate of drug-likeness (QED) is 0.890. The number of benzene rings is 1. The van der Waals surface area contributed by atoms with Crippen molar-refractivity contribution >= 4 is 34.3 Å². The van der Waals surface area contributed by atoms with Gasteiger partial charge < -0.3 is 20.4 Å². The molecule has 0 saturated carbocycles. The van der Waals surface area contributed by atoms with E-state index < -0.39 is 5.91 Å². The minimum Gasteiger partial charge on any atom is -0.384 e. The number of carbonyl (C=O) groups is 2. The molecule has 2 aromatic rings. The van der Waals surface area contributed by atoms with E-state index in [1.165, 1.54) is 0 Å². The zero-order chi connectivity index (χ0) is 16.6. The Hall–Kier alpha value is -2.05. The molecule has 3 N–H and O–H groups in total. The molecule has 1 aliphatic rings. The van der Waals surface area contributed by atoms with Crippen molar-refractivity contribution in [2.75, 3.05) is 26.8 Å². The van der Waals surface area contributed by atoms with Gasteiger partial charge in [0.05, 0.1) is 12.5 Å².